The van der Waals surface area contributed by atoms with Crippen molar-refractivity contribution in [3.63, 3.8) is 0 Å². The average molecular weight is 293 g/mol. The Bertz CT molecular complexity index is 509. The van der Waals surface area contributed by atoms with Crippen LogP contribution in [0.1, 0.15) is 0 Å². The normalized spacial score (nSPS) is 10.1. The highest BCUT2D eigenvalue weighted by Gasteiger charge is 2.13. The van der Waals surface area contributed by atoms with E-state index in [-0.39, 0.29) is 0 Å². The average Bonchev–Trinajstić information content (AvgIpc) is 2.39. The zero-order valence-corrected chi connectivity index (χ0v) is 11.3. The Morgan fingerprint density at radius 1 is 0.882 bits per heavy atom. The predicted molar refractivity (Wildman–Crippen MR) is 72.7 cm³/mol. The standard InChI is InChI=1S/C14H13BrO2/c1-16-12-9-8-11(13(15)14(12)17-2)10-6-4-3-5-7-10/h3-9H,1-2H3. The second kappa shape index (κ2) is 5.23. The number of methoxy groups -OCH3 is 2. The fourth-order valence-corrected chi connectivity index (χ4v) is 2.45. The van der Waals surface area contributed by atoms with Crippen molar-refractivity contribution in [3.05, 3.63) is 46.9 Å². The van der Waals surface area contributed by atoms with Gasteiger partial charge in [-0.15, -0.1) is 0 Å². The van der Waals surface area contributed by atoms with Crippen LogP contribution < -0.4 is 9.47 Å². The predicted octanol–water partition coefficient (Wildman–Crippen LogP) is 4.13. The summed E-state index contributed by atoms with van der Waals surface area (Å²) in [6.45, 7) is 0. The van der Waals surface area contributed by atoms with Gasteiger partial charge in [0.05, 0.1) is 18.7 Å². The zero-order chi connectivity index (χ0) is 12.3. The van der Waals surface area contributed by atoms with E-state index in [0.717, 1.165) is 21.3 Å². The summed E-state index contributed by atoms with van der Waals surface area (Å²) in [6.07, 6.45) is 0. The van der Waals surface area contributed by atoms with Gasteiger partial charge < -0.3 is 9.47 Å². The molecule has 0 aliphatic carbocycles. The van der Waals surface area contributed by atoms with Crippen LogP contribution in [0.15, 0.2) is 46.9 Å². The van der Waals surface area contributed by atoms with Gasteiger partial charge in [0.15, 0.2) is 11.5 Å². The van der Waals surface area contributed by atoms with Crippen molar-refractivity contribution in [1.82, 2.24) is 0 Å². The number of halogens is 1. The summed E-state index contributed by atoms with van der Waals surface area (Å²) in [5, 5.41) is 0. The zero-order valence-electron chi connectivity index (χ0n) is 9.74. The molecule has 0 aliphatic rings. The molecule has 0 unspecified atom stereocenters. The molecule has 0 aliphatic heterocycles. The summed E-state index contributed by atoms with van der Waals surface area (Å²) in [5.41, 5.74) is 2.23. The second-order valence-corrected chi connectivity index (χ2v) is 4.32. The van der Waals surface area contributed by atoms with Crippen LogP contribution in [-0.2, 0) is 0 Å². The van der Waals surface area contributed by atoms with Crippen LogP contribution in [0.2, 0.25) is 0 Å². The Morgan fingerprint density at radius 3 is 2.18 bits per heavy atom. The van der Waals surface area contributed by atoms with E-state index >= 15 is 0 Å². The van der Waals surface area contributed by atoms with Crippen molar-refractivity contribution < 1.29 is 9.47 Å². The van der Waals surface area contributed by atoms with Gasteiger partial charge in [0, 0.05) is 0 Å². The molecule has 88 valence electrons. The molecule has 0 spiro atoms. The number of hydrogen-bond donors (Lipinski definition) is 0. The topological polar surface area (TPSA) is 18.5 Å². The highest BCUT2D eigenvalue weighted by molar-refractivity contribution is 9.10. The fourth-order valence-electron chi connectivity index (χ4n) is 1.73. The van der Waals surface area contributed by atoms with Crippen molar-refractivity contribution in [3.8, 4) is 22.6 Å². The lowest BCUT2D eigenvalue weighted by Crippen LogP contribution is -1.93. The fraction of sp³-hybridized carbons (Fsp3) is 0.143. The molecule has 2 rings (SSSR count). The molecule has 17 heavy (non-hydrogen) atoms. The monoisotopic (exact) mass is 292 g/mol. The van der Waals surface area contributed by atoms with Gasteiger partial charge in [-0.3, -0.25) is 0 Å². The van der Waals surface area contributed by atoms with Crippen molar-refractivity contribution >= 4 is 15.9 Å². The summed E-state index contributed by atoms with van der Waals surface area (Å²) in [5.74, 6) is 1.44. The van der Waals surface area contributed by atoms with Gasteiger partial charge in [0.1, 0.15) is 0 Å². The van der Waals surface area contributed by atoms with E-state index in [0.29, 0.717) is 5.75 Å². The Labute approximate surface area is 109 Å². The first-order chi connectivity index (χ1) is 8.27. The Morgan fingerprint density at radius 2 is 1.59 bits per heavy atom. The van der Waals surface area contributed by atoms with E-state index in [1.165, 1.54) is 0 Å². The number of ether oxygens (including phenoxy) is 2. The molecule has 0 amide bonds. The van der Waals surface area contributed by atoms with Gasteiger partial charge in [0.2, 0.25) is 0 Å². The maximum Gasteiger partial charge on any atom is 0.175 e. The number of rotatable bonds is 3. The van der Waals surface area contributed by atoms with E-state index in [4.69, 9.17) is 9.47 Å². The number of hydrogen-bond acceptors (Lipinski definition) is 2. The minimum absolute atomic E-state index is 0.717. The van der Waals surface area contributed by atoms with Crippen molar-refractivity contribution in [2.75, 3.05) is 14.2 Å². The first-order valence-corrected chi connectivity index (χ1v) is 6.03. The van der Waals surface area contributed by atoms with Gasteiger partial charge in [-0.1, -0.05) is 30.3 Å². The van der Waals surface area contributed by atoms with E-state index < -0.39 is 0 Å². The summed E-state index contributed by atoms with van der Waals surface area (Å²) in [4.78, 5) is 0. The van der Waals surface area contributed by atoms with E-state index in [1.54, 1.807) is 14.2 Å². The molecule has 2 aromatic carbocycles. The molecule has 0 atom stereocenters. The second-order valence-electron chi connectivity index (χ2n) is 3.53. The van der Waals surface area contributed by atoms with Gasteiger partial charge in [-0.2, -0.15) is 0 Å². The van der Waals surface area contributed by atoms with E-state index in [2.05, 4.69) is 28.1 Å². The molecule has 0 radical (unpaired) electrons. The highest BCUT2D eigenvalue weighted by Crippen LogP contribution is 2.41. The Hall–Kier alpha value is -1.48. The van der Waals surface area contributed by atoms with Gasteiger partial charge in [-0.25, -0.2) is 0 Å². The van der Waals surface area contributed by atoms with Crippen molar-refractivity contribution in [2.45, 2.75) is 0 Å². The maximum absolute atomic E-state index is 5.36. The van der Waals surface area contributed by atoms with E-state index in [9.17, 15) is 0 Å². The minimum atomic E-state index is 0.717. The van der Waals surface area contributed by atoms with Crippen LogP contribution in [0, 0.1) is 0 Å². The van der Waals surface area contributed by atoms with E-state index in [1.807, 2.05) is 30.3 Å². The molecule has 0 aromatic heterocycles. The van der Waals surface area contributed by atoms with Gasteiger partial charge in [0.25, 0.3) is 0 Å². The lowest BCUT2D eigenvalue weighted by atomic mass is 10.1. The first kappa shape index (κ1) is 12.0. The molecule has 0 heterocycles. The quantitative estimate of drug-likeness (QED) is 0.847. The molecule has 0 fully saturated rings. The third kappa shape index (κ3) is 2.29. The highest BCUT2D eigenvalue weighted by atomic mass is 79.9. The Kier molecular flexibility index (Phi) is 3.69. The summed E-state index contributed by atoms with van der Waals surface area (Å²) >= 11 is 3.56. The molecule has 3 heteroatoms. The molecular formula is C14H13BrO2. The molecule has 2 nitrogen and oxygen atoms in total. The smallest absolute Gasteiger partial charge is 0.175 e. The minimum Gasteiger partial charge on any atom is -0.493 e. The molecule has 0 bridgehead atoms. The number of benzene rings is 2. The largest absolute Gasteiger partial charge is 0.493 e. The van der Waals surface area contributed by atoms with Crippen molar-refractivity contribution in [1.29, 1.82) is 0 Å². The van der Waals surface area contributed by atoms with Gasteiger partial charge in [-0.05, 0) is 39.2 Å². The third-order valence-electron chi connectivity index (χ3n) is 2.57. The van der Waals surface area contributed by atoms with Crippen LogP contribution in [0.3, 0.4) is 0 Å². The lowest BCUT2D eigenvalue weighted by molar-refractivity contribution is 0.353. The first-order valence-electron chi connectivity index (χ1n) is 5.24. The molecule has 0 saturated carbocycles. The summed E-state index contributed by atoms with van der Waals surface area (Å²) < 4.78 is 11.5. The van der Waals surface area contributed by atoms with Gasteiger partial charge >= 0.3 is 0 Å². The Balaban J connectivity index is 2.57. The SMILES string of the molecule is COc1ccc(-c2ccccc2)c(Br)c1OC. The third-order valence-corrected chi connectivity index (χ3v) is 3.36. The lowest BCUT2D eigenvalue weighted by Gasteiger charge is -2.13. The molecule has 0 N–H and O–H groups in total. The van der Waals surface area contributed by atoms with Crippen LogP contribution in [0.5, 0.6) is 11.5 Å². The van der Waals surface area contributed by atoms with Crippen LogP contribution in [0.25, 0.3) is 11.1 Å². The van der Waals surface area contributed by atoms with Crippen LogP contribution in [-0.4, -0.2) is 14.2 Å². The van der Waals surface area contributed by atoms with Crippen molar-refractivity contribution in [2.24, 2.45) is 0 Å². The van der Waals surface area contributed by atoms with Crippen LogP contribution in [0.4, 0.5) is 0 Å². The van der Waals surface area contributed by atoms with Crippen LogP contribution >= 0.6 is 15.9 Å². The maximum atomic E-state index is 5.36. The molecule has 0 saturated heterocycles. The molecular weight excluding hydrogens is 280 g/mol. The summed E-state index contributed by atoms with van der Waals surface area (Å²) in [6, 6.07) is 14.1. The summed E-state index contributed by atoms with van der Waals surface area (Å²) in [7, 11) is 3.27. The molecule has 2 aromatic rings.